The zero-order valence-corrected chi connectivity index (χ0v) is 14.9. The molecule has 1 aromatic heterocycles. The van der Waals surface area contributed by atoms with Crippen molar-refractivity contribution in [1.29, 1.82) is 0 Å². The van der Waals surface area contributed by atoms with Gasteiger partial charge >= 0.3 is 0 Å². The maximum atomic E-state index is 5.68. The Morgan fingerprint density at radius 1 is 0.958 bits per heavy atom. The lowest BCUT2D eigenvalue weighted by Crippen LogP contribution is -1.96. The first kappa shape index (κ1) is 17.0. The Balaban J connectivity index is 1.32. The normalized spacial score (nSPS) is 10.7. The van der Waals surface area contributed by atoms with E-state index in [4.69, 9.17) is 4.74 Å². The molecule has 24 heavy (non-hydrogen) atoms. The second-order valence-electron chi connectivity index (χ2n) is 5.10. The number of aromatic nitrogens is 2. The third kappa shape index (κ3) is 5.63. The van der Waals surface area contributed by atoms with Gasteiger partial charge in [-0.05, 0) is 24.1 Å². The number of benzene rings is 2. The molecule has 0 saturated heterocycles. The Kier molecular flexibility index (Phi) is 6.65. The van der Waals surface area contributed by atoms with Gasteiger partial charge in [0, 0.05) is 18.0 Å². The van der Waals surface area contributed by atoms with E-state index < -0.39 is 0 Å². The molecule has 0 unspecified atom stereocenters. The lowest BCUT2D eigenvalue weighted by Gasteiger charge is -2.03. The van der Waals surface area contributed by atoms with Crippen molar-refractivity contribution in [2.45, 2.75) is 17.4 Å². The van der Waals surface area contributed by atoms with Gasteiger partial charge in [-0.3, -0.25) is 0 Å². The van der Waals surface area contributed by atoms with E-state index in [0.717, 1.165) is 33.9 Å². The molecule has 3 rings (SSSR count). The van der Waals surface area contributed by atoms with Crippen molar-refractivity contribution in [2.75, 3.05) is 17.7 Å². The molecule has 3 aromatic rings. The second-order valence-corrected chi connectivity index (χ2v) is 7.42. The highest BCUT2D eigenvalue weighted by Crippen LogP contribution is 2.27. The van der Waals surface area contributed by atoms with E-state index in [1.54, 1.807) is 23.1 Å². The molecule has 0 bridgehead atoms. The van der Waals surface area contributed by atoms with Crippen LogP contribution in [0.1, 0.15) is 12.0 Å². The first-order valence-electron chi connectivity index (χ1n) is 7.80. The summed E-state index contributed by atoms with van der Waals surface area (Å²) in [7, 11) is 0. The summed E-state index contributed by atoms with van der Waals surface area (Å²) in [5, 5.41) is 12.5. The van der Waals surface area contributed by atoms with Gasteiger partial charge < -0.3 is 10.1 Å². The number of hydrogen-bond acceptors (Lipinski definition) is 6. The van der Waals surface area contributed by atoms with Crippen LogP contribution in [0.2, 0.25) is 0 Å². The Hall–Kier alpha value is -1.89. The highest BCUT2D eigenvalue weighted by atomic mass is 32.2. The van der Waals surface area contributed by atoms with Gasteiger partial charge in [0.1, 0.15) is 0 Å². The molecule has 0 atom stereocenters. The monoisotopic (exact) mass is 357 g/mol. The highest BCUT2D eigenvalue weighted by Gasteiger charge is 2.04. The van der Waals surface area contributed by atoms with Crippen LogP contribution in [-0.4, -0.2) is 22.6 Å². The first-order chi connectivity index (χ1) is 11.9. The predicted octanol–water partition coefficient (Wildman–Crippen LogP) is 4.98. The molecule has 124 valence electrons. The van der Waals surface area contributed by atoms with Crippen LogP contribution in [0, 0.1) is 0 Å². The summed E-state index contributed by atoms with van der Waals surface area (Å²) in [5.74, 6) is 0.981. The minimum absolute atomic E-state index is 0.676. The summed E-state index contributed by atoms with van der Waals surface area (Å²) < 4.78 is 6.67. The van der Waals surface area contributed by atoms with Crippen molar-refractivity contribution in [2.24, 2.45) is 0 Å². The second kappa shape index (κ2) is 9.42. The number of hydrogen-bond donors (Lipinski definition) is 1. The predicted molar refractivity (Wildman–Crippen MR) is 101 cm³/mol. The van der Waals surface area contributed by atoms with Crippen LogP contribution in [0.15, 0.2) is 65.0 Å². The van der Waals surface area contributed by atoms with Gasteiger partial charge in [-0.15, -0.1) is 10.2 Å². The quantitative estimate of drug-likeness (QED) is 0.432. The lowest BCUT2D eigenvalue weighted by molar-refractivity contribution is 0.122. The summed E-state index contributed by atoms with van der Waals surface area (Å²) in [5.41, 5.74) is 2.24. The van der Waals surface area contributed by atoms with Gasteiger partial charge in [0.25, 0.3) is 0 Å². The highest BCUT2D eigenvalue weighted by molar-refractivity contribution is 8.01. The van der Waals surface area contributed by atoms with Crippen molar-refractivity contribution in [3.63, 3.8) is 0 Å². The van der Waals surface area contributed by atoms with Crippen LogP contribution in [0.3, 0.4) is 0 Å². The molecule has 0 saturated carbocycles. The lowest BCUT2D eigenvalue weighted by atomic mass is 10.2. The van der Waals surface area contributed by atoms with Crippen LogP contribution in [0.4, 0.5) is 10.8 Å². The van der Waals surface area contributed by atoms with Gasteiger partial charge in [0.15, 0.2) is 4.34 Å². The molecule has 0 spiro atoms. The molecular weight excluding hydrogens is 338 g/mol. The zero-order valence-electron chi connectivity index (χ0n) is 13.2. The van der Waals surface area contributed by atoms with E-state index in [1.807, 2.05) is 48.5 Å². The molecule has 0 aliphatic carbocycles. The number of ether oxygens (including phenoxy) is 1. The van der Waals surface area contributed by atoms with Crippen LogP contribution < -0.4 is 5.32 Å². The van der Waals surface area contributed by atoms with Crippen LogP contribution in [0.5, 0.6) is 0 Å². The van der Waals surface area contributed by atoms with E-state index in [2.05, 4.69) is 27.6 Å². The summed E-state index contributed by atoms with van der Waals surface area (Å²) in [6.07, 6.45) is 0.999. The summed E-state index contributed by atoms with van der Waals surface area (Å²) in [4.78, 5) is 0. The molecule has 6 heteroatoms. The van der Waals surface area contributed by atoms with Gasteiger partial charge in [-0.1, -0.05) is 71.6 Å². The summed E-state index contributed by atoms with van der Waals surface area (Å²) in [6, 6.07) is 20.2. The molecule has 0 amide bonds. The van der Waals surface area contributed by atoms with Crippen LogP contribution in [-0.2, 0) is 11.3 Å². The van der Waals surface area contributed by atoms with Gasteiger partial charge in [-0.25, -0.2) is 0 Å². The van der Waals surface area contributed by atoms with Crippen molar-refractivity contribution < 1.29 is 4.74 Å². The number of thioether (sulfide) groups is 1. The molecular formula is C18H19N3OS2. The third-order valence-electron chi connectivity index (χ3n) is 3.20. The maximum absolute atomic E-state index is 5.68. The van der Waals surface area contributed by atoms with Crippen LogP contribution in [0.25, 0.3) is 0 Å². The fourth-order valence-electron chi connectivity index (χ4n) is 2.05. The fraction of sp³-hybridized carbons (Fsp3) is 0.222. The minimum Gasteiger partial charge on any atom is -0.377 e. The Labute approximate surface area is 150 Å². The molecule has 0 aliphatic heterocycles. The number of para-hydroxylation sites is 1. The fourth-order valence-corrected chi connectivity index (χ4v) is 3.80. The average molecular weight is 358 g/mol. The van der Waals surface area contributed by atoms with Gasteiger partial charge in [-0.2, -0.15) is 0 Å². The largest absolute Gasteiger partial charge is 0.377 e. The van der Waals surface area contributed by atoms with E-state index in [1.165, 1.54) is 5.56 Å². The number of rotatable bonds is 9. The Morgan fingerprint density at radius 3 is 2.50 bits per heavy atom. The number of nitrogens with zero attached hydrogens (tertiary/aromatic N) is 2. The molecule has 0 fully saturated rings. The van der Waals surface area contributed by atoms with Crippen molar-refractivity contribution in [3.8, 4) is 0 Å². The summed E-state index contributed by atoms with van der Waals surface area (Å²) >= 11 is 3.30. The third-order valence-corrected chi connectivity index (χ3v) is 5.26. The smallest absolute Gasteiger partial charge is 0.210 e. The topological polar surface area (TPSA) is 47.0 Å². The molecule has 4 nitrogen and oxygen atoms in total. The molecule has 0 radical (unpaired) electrons. The van der Waals surface area contributed by atoms with Crippen molar-refractivity contribution >= 4 is 33.9 Å². The van der Waals surface area contributed by atoms with Gasteiger partial charge in [0.05, 0.1) is 6.61 Å². The van der Waals surface area contributed by atoms with Crippen molar-refractivity contribution in [1.82, 2.24) is 10.2 Å². The number of anilines is 2. The van der Waals surface area contributed by atoms with Gasteiger partial charge in [0.2, 0.25) is 5.13 Å². The van der Waals surface area contributed by atoms with E-state index >= 15 is 0 Å². The standard InChI is InChI=1S/C18H19N3OS2/c1-3-8-15(9-4-1)14-22-12-7-13-23-18-21-20-17(24-18)19-16-10-5-2-6-11-16/h1-6,8-11H,7,12-14H2,(H,19,20). The van der Waals surface area contributed by atoms with E-state index in [0.29, 0.717) is 6.61 Å². The van der Waals surface area contributed by atoms with Crippen molar-refractivity contribution in [3.05, 3.63) is 66.2 Å². The maximum Gasteiger partial charge on any atom is 0.210 e. The first-order valence-corrected chi connectivity index (χ1v) is 9.60. The minimum atomic E-state index is 0.676. The SMILES string of the molecule is c1ccc(COCCCSc2nnc(Nc3ccccc3)s2)cc1. The Morgan fingerprint density at radius 2 is 1.71 bits per heavy atom. The zero-order chi connectivity index (χ0) is 16.5. The molecule has 0 aliphatic rings. The Bertz CT molecular complexity index is 719. The molecule has 2 aromatic carbocycles. The van der Waals surface area contributed by atoms with E-state index in [-0.39, 0.29) is 0 Å². The van der Waals surface area contributed by atoms with E-state index in [9.17, 15) is 0 Å². The molecule has 1 heterocycles. The average Bonchev–Trinajstić information content (AvgIpc) is 3.07. The summed E-state index contributed by atoms with van der Waals surface area (Å²) in [6.45, 7) is 1.44. The number of nitrogens with one attached hydrogen (secondary N) is 1. The molecule has 1 N–H and O–H groups in total. The van der Waals surface area contributed by atoms with Crippen LogP contribution >= 0.6 is 23.1 Å².